The molecular weight excluding hydrogens is 202 g/mol. The Kier molecular flexibility index (Phi) is 2.82. The fraction of sp³-hybridized carbons (Fsp3) is 0.462. The predicted molar refractivity (Wildman–Crippen MR) is 62.6 cm³/mol. The van der Waals surface area contributed by atoms with Gasteiger partial charge in [-0.05, 0) is 37.5 Å². The fourth-order valence-corrected chi connectivity index (χ4v) is 1.93. The minimum atomic E-state index is -0.818. The number of carbonyl (C=O) groups is 1. The lowest BCUT2D eigenvalue weighted by molar-refractivity contribution is 0.0863. The van der Waals surface area contributed by atoms with E-state index in [1.165, 1.54) is 5.56 Å². The van der Waals surface area contributed by atoms with Crippen molar-refractivity contribution in [2.24, 2.45) is 5.73 Å². The van der Waals surface area contributed by atoms with E-state index in [2.05, 4.69) is 0 Å². The van der Waals surface area contributed by atoms with Gasteiger partial charge in [0.15, 0.2) is 5.78 Å². The molecule has 1 saturated heterocycles. The number of ketones is 1. The summed E-state index contributed by atoms with van der Waals surface area (Å²) in [5.41, 5.74) is 8.23. The number of rotatable bonds is 2. The predicted octanol–water partition coefficient (Wildman–Crippen LogP) is 1.60. The first-order chi connectivity index (χ1) is 7.53. The maximum atomic E-state index is 12.2. The summed E-state index contributed by atoms with van der Waals surface area (Å²) in [6.45, 7) is 4.94. The first-order valence-corrected chi connectivity index (χ1v) is 5.52. The average Bonchev–Trinajstić information content (AvgIpc) is 2.70. The van der Waals surface area contributed by atoms with Crippen molar-refractivity contribution in [2.45, 2.75) is 25.8 Å². The lowest BCUT2D eigenvalue weighted by Gasteiger charge is -2.20. The van der Waals surface area contributed by atoms with Crippen LogP contribution in [0.4, 0.5) is 0 Å². The molecule has 0 radical (unpaired) electrons. The van der Waals surface area contributed by atoms with Crippen LogP contribution < -0.4 is 5.73 Å². The lowest BCUT2D eigenvalue weighted by atomic mass is 9.88. The summed E-state index contributed by atoms with van der Waals surface area (Å²) in [5.74, 6) is -0.00639. The van der Waals surface area contributed by atoms with Crippen LogP contribution in [0.25, 0.3) is 0 Å². The zero-order chi connectivity index (χ0) is 11.8. The lowest BCUT2D eigenvalue weighted by Crippen LogP contribution is -2.48. The van der Waals surface area contributed by atoms with E-state index in [9.17, 15) is 4.79 Å². The standard InChI is InChI=1S/C13H17NO2/c1-9-3-4-11(7-10(9)2)12(15)13(14)5-6-16-8-13/h3-4,7H,5-6,8,14H2,1-2H3. The van der Waals surface area contributed by atoms with Gasteiger partial charge >= 0.3 is 0 Å². The number of aryl methyl sites for hydroxylation is 2. The summed E-state index contributed by atoms with van der Waals surface area (Å²) < 4.78 is 5.21. The highest BCUT2D eigenvalue weighted by Gasteiger charge is 2.38. The Hall–Kier alpha value is -1.19. The highest BCUT2D eigenvalue weighted by Crippen LogP contribution is 2.22. The van der Waals surface area contributed by atoms with Gasteiger partial charge in [0.2, 0.25) is 0 Å². The van der Waals surface area contributed by atoms with Crippen molar-refractivity contribution >= 4 is 5.78 Å². The maximum Gasteiger partial charge on any atom is 0.185 e. The number of hydrogen-bond acceptors (Lipinski definition) is 3. The molecule has 0 amide bonds. The SMILES string of the molecule is Cc1ccc(C(=O)C2(N)CCOC2)cc1C. The van der Waals surface area contributed by atoms with Gasteiger partial charge in [0.1, 0.15) is 5.54 Å². The van der Waals surface area contributed by atoms with Crippen molar-refractivity contribution in [1.82, 2.24) is 0 Å². The molecule has 0 spiro atoms. The zero-order valence-electron chi connectivity index (χ0n) is 9.75. The Morgan fingerprint density at radius 3 is 2.69 bits per heavy atom. The molecule has 2 rings (SSSR count). The molecule has 2 N–H and O–H groups in total. The van der Waals surface area contributed by atoms with Crippen LogP contribution in [-0.2, 0) is 4.74 Å². The van der Waals surface area contributed by atoms with Crippen LogP contribution in [-0.4, -0.2) is 24.5 Å². The van der Waals surface area contributed by atoms with Gasteiger partial charge < -0.3 is 10.5 Å². The minimum absolute atomic E-state index is 0.00639. The third-order valence-electron chi connectivity index (χ3n) is 3.27. The Bertz CT molecular complexity index is 420. The van der Waals surface area contributed by atoms with Gasteiger partial charge in [-0.25, -0.2) is 0 Å². The second-order valence-corrected chi connectivity index (χ2v) is 4.59. The Morgan fingerprint density at radius 1 is 1.38 bits per heavy atom. The van der Waals surface area contributed by atoms with E-state index in [4.69, 9.17) is 10.5 Å². The molecule has 1 unspecified atom stereocenters. The smallest absolute Gasteiger partial charge is 0.185 e. The highest BCUT2D eigenvalue weighted by molar-refractivity contribution is 6.03. The van der Waals surface area contributed by atoms with Crippen molar-refractivity contribution in [1.29, 1.82) is 0 Å². The molecule has 1 aromatic carbocycles. The van der Waals surface area contributed by atoms with Gasteiger partial charge in [-0.3, -0.25) is 4.79 Å². The molecule has 0 aromatic heterocycles. The van der Waals surface area contributed by atoms with E-state index in [-0.39, 0.29) is 5.78 Å². The molecule has 1 aliphatic rings. The highest BCUT2D eigenvalue weighted by atomic mass is 16.5. The van der Waals surface area contributed by atoms with Crippen LogP contribution >= 0.6 is 0 Å². The molecule has 3 heteroatoms. The van der Waals surface area contributed by atoms with Crippen LogP contribution in [0, 0.1) is 13.8 Å². The summed E-state index contributed by atoms with van der Waals surface area (Å²) in [5, 5.41) is 0. The second-order valence-electron chi connectivity index (χ2n) is 4.59. The van der Waals surface area contributed by atoms with Gasteiger partial charge in [0, 0.05) is 12.2 Å². The van der Waals surface area contributed by atoms with E-state index >= 15 is 0 Å². The van der Waals surface area contributed by atoms with E-state index in [1.807, 2.05) is 32.0 Å². The molecule has 3 nitrogen and oxygen atoms in total. The monoisotopic (exact) mass is 219 g/mol. The summed E-state index contributed by atoms with van der Waals surface area (Å²) in [6, 6.07) is 5.71. The van der Waals surface area contributed by atoms with E-state index in [0.717, 1.165) is 5.56 Å². The maximum absolute atomic E-state index is 12.2. The molecule has 1 aromatic rings. The molecule has 1 fully saturated rings. The number of Topliss-reactive ketones (excluding diaryl/α,β-unsaturated/α-hetero) is 1. The number of carbonyl (C=O) groups excluding carboxylic acids is 1. The van der Waals surface area contributed by atoms with Crippen molar-refractivity contribution in [3.63, 3.8) is 0 Å². The van der Waals surface area contributed by atoms with Gasteiger partial charge in [-0.2, -0.15) is 0 Å². The Balaban J connectivity index is 2.30. The second kappa shape index (κ2) is 4.00. The molecule has 1 aliphatic heterocycles. The van der Waals surface area contributed by atoms with E-state index in [0.29, 0.717) is 25.2 Å². The molecule has 0 bridgehead atoms. The quantitative estimate of drug-likeness (QED) is 0.769. The molecule has 1 heterocycles. The van der Waals surface area contributed by atoms with E-state index < -0.39 is 5.54 Å². The average molecular weight is 219 g/mol. The molecule has 86 valence electrons. The molecule has 16 heavy (non-hydrogen) atoms. The fourth-order valence-electron chi connectivity index (χ4n) is 1.93. The van der Waals surface area contributed by atoms with Crippen LogP contribution in [0.15, 0.2) is 18.2 Å². The summed E-state index contributed by atoms with van der Waals surface area (Å²) >= 11 is 0. The number of ether oxygens (including phenoxy) is 1. The van der Waals surface area contributed by atoms with Crippen molar-refractivity contribution < 1.29 is 9.53 Å². The van der Waals surface area contributed by atoms with Crippen LogP contribution in [0.5, 0.6) is 0 Å². The number of benzene rings is 1. The topological polar surface area (TPSA) is 52.3 Å². The Morgan fingerprint density at radius 2 is 2.12 bits per heavy atom. The van der Waals surface area contributed by atoms with Crippen molar-refractivity contribution in [3.05, 3.63) is 34.9 Å². The zero-order valence-corrected chi connectivity index (χ0v) is 9.75. The van der Waals surface area contributed by atoms with Gasteiger partial charge in [-0.15, -0.1) is 0 Å². The molecule has 0 aliphatic carbocycles. The van der Waals surface area contributed by atoms with Gasteiger partial charge in [0.25, 0.3) is 0 Å². The van der Waals surface area contributed by atoms with E-state index in [1.54, 1.807) is 0 Å². The molecule has 0 saturated carbocycles. The minimum Gasteiger partial charge on any atom is -0.379 e. The normalized spacial score (nSPS) is 24.7. The number of nitrogens with two attached hydrogens (primary N) is 1. The van der Waals surface area contributed by atoms with Crippen LogP contribution in [0.3, 0.4) is 0 Å². The van der Waals surface area contributed by atoms with Crippen molar-refractivity contribution in [2.75, 3.05) is 13.2 Å². The molecule has 1 atom stereocenters. The summed E-state index contributed by atoms with van der Waals surface area (Å²) in [7, 11) is 0. The largest absolute Gasteiger partial charge is 0.379 e. The van der Waals surface area contributed by atoms with Gasteiger partial charge in [-0.1, -0.05) is 12.1 Å². The first-order valence-electron chi connectivity index (χ1n) is 5.52. The first kappa shape index (κ1) is 11.3. The third kappa shape index (κ3) is 1.88. The third-order valence-corrected chi connectivity index (χ3v) is 3.27. The molecular formula is C13H17NO2. The van der Waals surface area contributed by atoms with Crippen molar-refractivity contribution in [3.8, 4) is 0 Å². The van der Waals surface area contributed by atoms with Crippen LogP contribution in [0.2, 0.25) is 0 Å². The van der Waals surface area contributed by atoms with Crippen LogP contribution in [0.1, 0.15) is 27.9 Å². The summed E-state index contributed by atoms with van der Waals surface area (Å²) in [6.07, 6.45) is 0.610. The summed E-state index contributed by atoms with van der Waals surface area (Å²) in [4.78, 5) is 12.2. The van der Waals surface area contributed by atoms with Gasteiger partial charge in [0.05, 0.1) is 6.61 Å². The number of hydrogen-bond donors (Lipinski definition) is 1. The Labute approximate surface area is 95.6 Å².